The fraction of sp³-hybridized carbons (Fsp3) is 0.636. The maximum Gasteiger partial charge on any atom is 0.223 e. The monoisotopic (exact) mass is 209 g/mol. The molecule has 4 heteroatoms. The van der Waals surface area contributed by atoms with Crippen LogP contribution in [0.4, 0.5) is 0 Å². The number of aromatic nitrogens is 2. The molecule has 1 aromatic rings. The second-order valence-corrected chi connectivity index (χ2v) is 3.94. The quantitative estimate of drug-likeness (QED) is 0.814. The van der Waals surface area contributed by atoms with Crippen LogP contribution < -0.4 is 5.32 Å². The number of hydrogen-bond acceptors (Lipinski definition) is 2. The summed E-state index contributed by atoms with van der Waals surface area (Å²) in [7, 11) is 1.88. The van der Waals surface area contributed by atoms with Gasteiger partial charge in [0.05, 0.1) is 5.69 Å². The Labute approximate surface area is 90.7 Å². The number of hydrogen-bond donors (Lipinski definition) is 1. The molecule has 0 aliphatic carbocycles. The third kappa shape index (κ3) is 3.08. The van der Waals surface area contributed by atoms with Crippen LogP contribution in [0.1, 0.15) is 31.5 Å². The maximum absolute atomic E-state index is 11.5. The van der Waals surface area contributed by atoms with Gasteiger partial charge in [0, 0.05) is 31.3 Å². The van der Waals surface area contributed by atoms with Gasteiger partial charge in [-0.05, 0) is 13.3 Å². The van der Waals surface area contributed by atoms with Crippen LogP contribution in [-0.2, 0) is 18.4 Å². The number of rotatable bonds is 4. The Morgan fingerprint density at radius 3 is 2.80 bits per heavy atom. The second kappa shape index (κ2) is 4.96. The third-order valence-corrected chi connectivity index (χ3v) is 2.63. The van der Waals surface area contributed by atoms with Crippen LogP contribution in [0.3, 0.4) is 0 Å². The van der Waals surface area contributed by atoms with Gasteiger partial charge in [-0.15, -0.1) is 0 Å². The van der Waals surface area contributed by atoms with E-state index >= 15 is 0 Å². The van der Waals surface area contributed by atoms with E-state index in [1.165, 1.54) is 0 Å². The van der Waals surface area contributed by atoms with E-state index < -0.39 is 0 Å². The highest BCUT2D eigenvalue weighted by atomic mass is 16.1. The minimum absolute atomic E-state index is 0.0852. The summed E-state index contributed by atoms with van der Waals surface area (Å²) in [4.78, 5) is 11.5. The Kier molecular flexibility index (Phi) is 3.88. The summed E-state index contributed by atoms with van der Waals surface area (Å²) in [5.41, 5.74) is 2.05. The SMILES string of the molecule is CCC(C)C(=O)NCc1cn(C)nc1C. The molecule has 0 fully saturated rings. The predicted molar refractivity (Wildman–Crippen MR) is 59.2 cm³/mol. The lowest BCUT2D eigenvalue weighted by Gasteiger charge is -2.08. The smallest absolute Gasteiger partial charge is 0.223 e. The van der Waals surface area contributed by atoms with Crippen molar-refractivity contribution in [3.63, 3.8) is 0 Å². The van der Waals surface area contributed by atoms with Crippen LogP contribution >= 0.6 is 0 Å². The lowest BCUT2D eigenvalue weighted by atomic mass is 10.1. The number of carbonyl (C=O) groups is 1. The van der Waals surface area contributed by atoms with Crippen molar-refractivity contribution < 1.29 is 4.79 Å². The third-order valence-electron chi connectivity index (χ3n) is 2.63. The Balaban J connectivity index is 2.50. The van der Waals surface area contributed by atoms with Gasteiger partial charge in [0.1, 0.15) is 0 Å². The van der Waals surface area contributed by atoms with Gasteiger partial charge in [-0.2, -0.15) is 5.10 Å². The molecule has 0 bridgehead atoms. The van der Waals surface area contributed by atoms with Gasteiger partial charge in [-0.25, -0.2) is 0 Å². The molecule has 0 saturated heterocycles. The molecule has 0 aliphatic rings. The van der Waals surface area contributed by atoms with Gasteiger partial charge in [-0.3, -0.25) is 9.48 Å². The molecule has 1 aromatic heterocycles. The molecular weight excluding hydrogens is 190 g/mol. The molecule has 15 heavy (non-hydrogen) atoms. The zero-order chi connectivity index (χ0) is 11.4. The van der Waals surface area contributed by atoms with Crippen LogP contribution in [0.2, 0.25) is 0 Å². The van der Waals surface area contributed by atoms with Gasteiger partial charge < -0.3 is 5.32 Å². The molecule has 1 N–H and O–H groups in total. The lowest BCUT2D eigenvalue weighted by molar-refractivity contribution is -0.124. The summed E-state index contributed by atoms with van der Waals surface area (Å²) in [6, 6.07) is 0. The maximum atomic E-state index is 11.5. The van der Waals surface area contributed by atoms with Gasteiger partial charge in [-0.1, -0.05) is 13.8 Å². The average Bonchev–Trinajstić information content (AvgIpc) is 2.52. The Morgan fingerprint density at radius 1 is 1.67 bits per heavy atom. The molecular formula is C11H19N3O. The summed E-state index contributed by atoms with van der Waals surface area (Å²) >= 11 is 0. The molecule has 1 heterocycles. The van der Waals surface area contributed by atoms with E-state index in [1.54, 1.807) is 4.68 Å². The van der Waals surface area contributed by atoms with E-state index in [9.17, 15) is 4.79 Å². The fourth-order valence-corrected chi connectivity index (χ4v) is 1.36. The second-order valence-electron chi connectivity index (χ2n) is 3.94. The molecule has 0 aliphatic heterocycles. The van der Waals surface area contributed by atoms with Crippen molar-refractivity contribution in [2.24, 2.45) is 13.0 Å². The van der Waals surface area contributed by atoms with Crippen LogP contribution in [-0.4, -0.2) is 15.7 Å². The van der Waals surface area contributed by atoms with Crippen molar-refractivity contribution in [2.45, 2.75) is 33.7 Å². The molecule has 0 saturated carbocycles. The van der Waals surface area contributed by atoms with Gasteiger partial charge in [0.15, 0.2) is 0 Å². The Morgan fingerprint density at radius 2 is 2.33 bits per heavy atom. The molecule has 0 radical (unpaired) electrons. The Hall–Kier alpha value is -1.32. The predicted octanol–water partition coefficient (Wildman–Crippen LogP) is 1.39. The summed E-state index contributed by atoms with van der Waals surface area (Å²) in [6.45, 7) is 6.47. The van der Waals surface area contributed by atoms with E-state index in [2.05, 4.69) is 10.4 Å². The van der Waals surface area contributed by atoms with Crippen LogP contribution in [0.25, 0.3) is 0 Å². The van der Waals surface area contributed by atoms with E-state index in [4.69, 9.17) is 0 Å². The number of amides is 1. The van der Waals surface area contributed by atoms with Crippen molar-refractivity contribution in [2.75, 3.05) is 0 Å². The topological polar surface area (TPSA) is 46.9 Å². The minimum Gasteiger partial charge on any atom is -0.352 e. The van der Waals surface area contributed by atoms with Crippen LogP contribution in [0, 0.1) is 12.8 Å². The van der Waals surface area contributed by atoms with Crippen LogP contribution in [0.5, 0.6) is 0 Å². The highest BCUT2D eigenvalue weighted by Crippen LogP contribution is 2.05. The molecule has 84 valence electrons. The average molecular weight is 209 g/mol. The summed E-state index contributed by atoms with van der Waals surface area (Å²) < 4.78 is 1.76. The highest BCUT2D eigenvalue weighted by Gasteiger charge is 2.10. The zero-order valence-electron chi connectivity index (χ0n) is 9.87. The Bertz CT molecular complexity index is 344. The summed E-state index contributed by atoms with van der Waals surface area (Å²) in [5.74, 6) is 0.197. The first-order valence-electron chi connectivity index (χ1n) is 5.31. The first kappa shape index (κ1) is 11.8. The lowest BCUT2D eigenvalue weighted by Crippen LogP contribution is -2.28. The molecule has 0 aromatic carbocycles. The molecule has 1 amide bonds. The number of aryl methyl sites for hydroxylation is 2. The van der Waals surface area contributed by atoms with E-state index in [1.807, 2.05) is 34.0 Å². The standard InChI is InChI=1S/C11H19N3O/c1-5-8(2)11(15)12-6-10-7-14(4)13-9(10)3/h7-8H,5-6H2,1-4H3,(H,12,15). The normalized spacial score (nSPS) is 12.5. The molecule has 4 nitrogen and oxygen atoms in total. The summed E-state index contributed by atoms with van der Waals surface area (Å²) in [5, 5.41) is 7.13. The van der Waals surface area contributed by atoms with E-state index in [-0.39, 0.29) is 11.8 Å². The van der Waals surface area contributed by atoms with Crippen molar-refractivity contribution in [1.82, 2.24) is 15.1 Å². The van der Waals surface area contributed by atoms with Crippen LogP contribution in [0.15, 0.2) is 6.20 Å². The molecule has 1 unspecified atom stereocenters. The van der Waals surface area contributed by atoms with Gasteiger partial charge in [0.25, 0.3) is 0 Å². The number of nitrogens with one attached hydrogen (secondary N) is 1. The van der Waals surface area contributed by atoms with Gasteiger partial charge >= 0.3 is 0 Å². The molecule has 1 rings (SSSR count). The molecule has 0 spiro atoms. The minimum atomic E-state index is 0.0852. The van der Waals surface area contributed by atoms with Crippen molar-refractivity contribution in [3.8, 4) is 0 Å². The number of carbonyl (C=O) groups excluding carboxylic acids is 1. The molecule has 1 atom stereocenters. The first-order chi connectivity index (χ1) is 7.04. The van der Waals surface area contributed by atoms with Crippen molar-refractivity contribution >= 4 is 5.91 Å². The van der Waals surface area contributed by atoms with E-state index in [0.29, 0.717) is 6.54 Å². The zero-order valence-corrected chi connectivity index (χ0v) is 9.87. The van der Waals surface area contributed by atoms with E-state index in [0.717, 1.165) is 17.7 Å². The largest absolute Gasteiger partial charge is 0.352 e. The van der Waals surface area contributed by atoms with Crippen molar-refractivity contribution in [3.05, 3.63) is 17.5 Å². The first-order valence-corrected chi connectivity index (χ1v) is 5.31. The van der Waals surface area contributed by atoms with Gasteiger partial charge in [0.2, 0.25) is 5.91 Å². The number of nitrogens with zero attached hydrogens (tertiary/aromatic N) is 2. The fourth-order valence-electron chi connectivity index (χ4n) is 1.36. The summed E-state index contributed by atoms with van der Waals surface area (Å²) in [6.07, 6.45) is 2.81. The van der Waals surface area contributed by atoms with Crippen molar-refractivity contribution in [1.29, 1.82) is 0 Å². The highest BCUT2D eigenvalue weighted by molar-refractivity contribution is 5.78.